The lowest BCUT2D eigenvalue weighted by Gasteiger charge is -2.20. The fraction of sp³-hybridized carbons (Fsp3) is 0.500. The number of thioether (sulfide) groups is 1. The molecule has 2 rings (SSSR count). The third-order valence-corrected chi connectivity index (χ3v) is 5.08. The minimum atomic E-state index is 0.268. The van der Waals surface area contributed by atoms with Crippen LogP contribution in [0.4, 0.5) is 0 Å². The molecule has 0 radical (unpaired) electrons. The maximum Gasteiger partial charge on any atom is 0.146 e. The molecule has 0 bridgehead atoms. The highest BCUT2D eigenvalue weighted by atomic mass is 35.5. The molecule has 1 nitrogen and oxygen atoms in total. The number of rotatable bonds is 4. The lowest BCUT2D eigenvalue weighted by atomic mass is 9.87. The molecular weight excluding hydrogens is 287 g/mol. The zero-order valence-corrected chi connectivity index (χ0v) is 12.5. The average molecular weight is 303 g/mol. The maximum atomic E-state index is 12.1. The van der Waals surface area contributed by atoms with Crippen LogP contribution in [-0.2, 0) is 4.79 Å². The first-order valence-corrected chi connectivity index (χ1v) is 8.01. The summed E-state index contributed by atoms with van der Waals surface area (Å²) in [5.41, 5.74) is 0. The van der Waals surface area contributed by atoms with E-state index < -0.39 is 0 Å². The lowest BCUT2D eigenvalue weighted by Crippen LogP contribution is -2.19. The van der Waals surface area contributed by atoms with Gasteiger partial charge in [0, 0.05) is 15.8 Å². The summed E-state index contributed by atoms with van der Waals surface area (Å²) < 4.78 is 0. The van der Waals surface area contributed by atoms with Crippen molar-refractivity contribution in [1.82, 2.24) is 0 Å². The van der Waals surface area contributed by atoms with Gasteiger partial charge in [-0.25, -0.2) is 0 Å². The predicted molar refractivity (Wildman–Crippen MR) is 78.8 cm³/mol. The number of carbonyl (C=O) groups is 1. The van der Waals surface area contributed by atoms with Crippen molar-refractivity contribution in [1.29, 1.82) is 0 Å². The molecule has 98 valence electrons. The van der Waals surface area contributed by atoms with E-state index in [1.807, 2.05) is 6.07 Å². The molecule has 18 heavy (non-hydrogen) atoms. The van der Waals surface area contributed by atoms with Crippen LogP contribution >= 0.6 is 35.0 Å². The normalized spacial score (nSPS) is 16.8. The molecule has 1 aliphatic rings. The molecule has 0 atom stereocenters. The molecule has 1 saturated carbocycles. The summed E-state index contributed by atoms with van der Waals surface area (Å²) in [5.74, 6) is 1.13. The van der Waals surface area contributed by atoms with Gasteiger partial charge in [0.05, 0.1) is 10.8 Å². The van der Waals surface area contributed by atoms with Crippen LogP contribution in [0.1, 0.15) is 32.1 Å². The Hall–Kier alpha value is -0.180. The van der Waals surface area contributed by atoms with Crippen molar-refractivity contribution >= 4 is 40.7 Å². The Bertz CT molecular complexity index is 428. The summed E-state index contributed by atoms with van der Waals surface area (Å²) in [6.07, 6.45) is 5.78. The molecule has 1 aliphatic carbocycles. The average Bonchev–Trinajstić information content (AvgIpc) is 2.40. The van der Waals surface area contributed by atoms with Gasteiger partial charge in [-0.05, 0) is 31.0 Å². The van der Waals surface area contributed by atoms with Gasteiger partial charge in [-0.3, -0.25) is 4.79 Å². The molecule has 0 heterocycles. The number of Topliss-reactive ketones (excluding diaryl/α,β-unsaturated/α-hetero) is 1. The van der Waals surface area contributed by atoms with Gasteiger partial charge in [-0.1, -0.05) is 42.5 Å². The molecule has 4 heteroatoms. The summed E-state index contributed by atoms with van der Waals surface area (Å²) in [6.45, 7) is 0. The molecule has 0 amide bonds. The van der Waals surface area contributed by atoms with Crippen molar-refractivity contribution in [3.05, 3.63) is 28.2 Å². The summed E-state index contributed by atoms with van der Waals surface area (Å²) >= 11 is 13.5. The summed E-state index contributed by atoms with van der Waals surface area (Å²) in [7, 11) is 0. The largest absolute Gasteiger partial charge is 0.298 e. The Kier molecular flexibility index (Phi) is 5.40. The van der Waals surface area contributed by atoms with Crippen LogP contribution in [0.3, 0.4) is 0 Å². The van der Waals surface area contributed by atoms with E-state index in [-0.39, 0.29) is 5.92 Å². The monoisotopic (exact) mass is 302 g/mol. The number of benzene rings is 1. The standard InChI is InChI=1S/C14H16Cl2OS/c15-11-6-7-12(16)14(8-11)18-9-13(17)10-4-2-1-3-5-10/h6-8,10H,1-5,9H2. The third kappa shape index (κ3) is 3.91. The van der Waals surface area contributed by atoms with E-state index in [2.05, 4.69) is 0 Å². The first kappa shape index (κ1) is 14.2. The predicted octanol–water partition coefficient (Wildman–Crippen LogP) is 5.23. The van der Waals surface area contributed by atoms with Crippen molar-refractivity contribution in [3.63, 3.8) is 0 Å². The van der Waals surface area contributed by atoms with E-state index >= 15 is 0 Å². The van der Waals surface area contributed by atoms with E-state index in [0.717, 1.165) is 17.7 Å². The van der Waals surface area contributed by atoms with Crippen molar-refractivity contribution in [2.24, 2.45) is 5.92 Å². The molecule has 1 fully saturated rings. The molecule has 0 spiro atoms. The van der Waals surface area contributed by atoms with Crippen molar-refractivity contribution in [2.45, 2.75) is 37.0 Å². The van der Waals surface area contributed by atoms with Gasteiger partial charge < -0.3 is 0 Å². The Morgan fingerprint density at radius 3 is 2.67 bits per heavy atom. The zero-order chi connectivity index (χ0) is 13.0. The van der Waals surface area contributed by atoms with E-state index in [4.69, 9.17) is 23.2 Å². The van der Waals surface area contributed by atoms with Gasteiger partial charge in [0.1, 0.15) is 5.78 Å². The number of halogens is 2. The van der Waals surface area contributed by atoms with Gasteiger partial charge >= 0.3 is 0 Å². The first-order chi connectivity index (χ1) is 8.66. The van der Waals surface area contributed by atoms with Crippen molar-refractivity contribution in [3.8, 4) is 0 Å². The topological polar surface area (TPSA) is 17.1 Å². The molecular formula is C14H16Cl2OS. The van der Waals surface area contributed by atoms with E-state index in [1.165, 1.54) is 31.0 Å². The number of ketones is 1. The molecule has 0 aromatic heterocycles. The van der Waals surface area contributed by atoms with Crippen molar-refractivity contribution in [2.75, 3.05) is 5.75 Å². The molecule has 1 aromatic rings. The number of carbonyl (C=O) groups excluding carboxylic acids is 1. The molecule has 0 aliphatic heterocycles. The van der Waals surface area contributed by atoms with Crippen LogP contribution in [0.2, 0.25) is 10.0 Å². The minimum absolute atomic E-state index is 0.268. The lowest BCUT2D eigenvalue weighted by molar-refractivity contribution is -0.121. The fourth-order valence-corrected chi connectivity index (χ4v) is 3.75. The third-order valence-electron chi connectivity index (χ3n) is 3.32. The van der Waals surface area contributed by atoms with Crippen LogP contribution in [0.15, 0.2) is 23.1 Å². The maximum absolute atomic E-state index is 12.1. The van der Waals surface area contributed by atoms with Crippen LogP contribution in [-0.4, -0.2) is 11.5 Å². The van der Waals surface area contributed by atoms with E-state index in [1.54, 1.807) is 12.1 Å². The zero-order valence-electron chi connectivity index (χ0n) is 10.1. The van der Waals surface area contributed by atoms with Gasteiger partial charge in [-0.2, -0.15) is 0 Å². The number of hydrogen-bond acceptors (Lipinski definition) is 2. The highest BCUT2D eigenvalue weighted by molar-refractivity contribution is 8.00. The Labute approximate surface area is 122 Å². The van der Waals surface area contributed by atoms with Gasteiger partial charge in [0.15, 0.2) is 0 Å². The second-order valence-electron chi connectivity index (χ2n) is 4.66. The molecule has 0 unspecified atom stereocenters. The van der Waals surface area contributed by atoms with Crippen LogP contribution < -0.4 is 0 Å². The van der Waals surface area contributed by atoms with Crippen LogP contribution in [0, 0.1) is 5.92 Å². The molecule has 1 aromatic carbocycles. The number of hydrogen-bond donors (Lipinski definition) is 0. The SMILES string of the molecule is O=C(CSc1cc(Cl)ccc1Cl)C1CCCCC1. The Morgan fingerprint density at radius 1 is 1.22 bits per heavy atom. The van der Waals surface area contributed by atoms with Gasteiger partial charge in [0.2, 0.25) is 0 Å². The second-order valence-corrected chi connectivity index (χ2v) is 6.53. The summed E-state index contributed by atoms with van der Waals surface area (Å²) in [5, 5.41) is 1.33. The first-order valence-electron chi connectivity index (χ1n) is 6.27. The second kappa shape index (κ2) is 6.83. The highest BCUT2D eigenvalue weighted by Gasteiger charge is 2.21. The Morgan fingerprint density at radius 2 is 1.94 bits per heavy atom. The minimum Gasteiger partial charge on any atom is -0.298 e. The smallest absolute Gasteiger partial charge is 0.146 e. The quantitative estimate of drug-likeness (QED) is 0.708. The van der Waals surface area contributed by atoms with Gasteiger partial charge in [-0.15, -0.1) is 11.8 Å². The van der Waals surface area contributed by atoms with Crippen molar-refractivity contribution < 1.29 is 4.79 Å². The molecule has 0 N–H and O–H groups in total. The van der Waals surface area contributed by atoms with E-state index in [9.17, 15) is 4.79 Å². The van der Waals surface area contributed by atoms with E-state index in [0.29, 0.717) is 21.6 Å². The summed E-state index contributed by atoms with van der Waals surface area (Å²) in [6, 6.07) is 5.36. The fourth-order valence-electron chi connectivity index (χ4n) is 2.28. The molecule has 0 saturated heterocycles. The Balaban J connectivity index is 1.90. The van der Waals surface area contributed by atoms with Gasteiger partial charge in [0.25, 0.3) is 0 Å². The van der Waals surface area contributed by atoms with Crippen LogP contribution in [0.25, 0.3) is 0 Å². The summed E-state index contributed by atoms with van der Waals surface area (Å²) in [4.78, 5) is 13.0. The highest BCUT2D eigenvalue weighted by Crippen LogP contribution is 2.32. The van der Waals surface area contributed by atoms with Crippen LogP contribution in [0.5, 0.6) is 0 Å².